The lowest BCUT2D eigenvalue weighted by Crippen LogP contribution is -2.15. The van der Waals surface area contributed by atoms with Crippen LogP contribution in [0.1, 0.15) is 37.5 Å². The Kier molecular flexibility index (Phi) is 6.64. The van der Waals surface area contributed by atoms with E-state index in [0.717, 1.165) is 28.4 Å². The molecule has 0 atom stereocenters. The molecule has 0 saturated carbocycles. The molecule has 8 nitrogen and oxygen atoms in total. The average Bonchev–Trinajstić information content (AvgIpc) is 3.28. The predicted octanol–water partition coefficient (Wildman–Crippen LogP) is 4.66. The summed E-state index contributed by atoms with van der Waals surface area (Å²) in [5.74, 6) is -0.963. The number of carbonyl (C=O) groups is 2. The number of fused-ring (bicyclic) bond motifs is 3. The second-order valence-corrected chi connectivity index (χ2v) is 11.3. The minimum atomic E-state index is -3.26. The Balaban J connectivity index is 1.56. The first-order chi connectivity index (χ1) is 18.1. The summed E-state index contributed by atoms with van der Waals surface area (Å²) in [6.45, 7) is 0. The number of rotatable bonds is 6. The second kappa shape index (κ2) is 9.92. The molecule has 4 aromatic rings. The number of hydrogen-bond acceptors (Lipinski definition) is 5. The number of nitrogens with zero attached hydrogens (tertiary/aromatic N) is 2. The van der Waals surface area contributed by atoms with Gasteiger partial charge in [-0.3, -0.25) is 9.59 Å². The Morgan fingerprint density at radius 1 is 1.05 bits per heavy atom. The van der Waals surface area contributed by atoms with Crippen LogP contribution in [0, 0.1) is 0 Å². The number of halogens is 1. The molecule has 0 radical (unpaired) electrons. The fourth-order valence-electron chi connectivity index (χ4n) is 4.47. The zero-order valence-corrected chi connectivity index (χ0v) is 21.9. The van der Waals surface area contributed by atoms with E-state index >= 15 is 0 Å². The van der Waals surface area contributed by atoms with Gasteiger partial charge in [-0.25, -0.2) is 13.1 Å². The lowest BCUT2D eigenvalue weighted by Gasteiger charge is -2.20. The quantitative estimate of drug-likeness (QED) is 0.364. The molecule has 0 aliphatic heterocycles. The highest BCUT2D eigenvalue weighted by Gasteiger charge is 2.28. The number of hydrogen-bond donors (Lipinski definition) is 2. The van der Waals surface area contributed by atoms with E-state index in [1.165, 1.54) is 6.08 Å². The fourth-order valence-corrected chi connectivity index (χ4v) is 5.10. The molecule has 2 amide bonds. The Morgan fingerprint density at radius 3 is 2.47 bits per heavy atom. The maximum atomic E-state index is 12.9. The summed E-state index contributed by atoms with van der Waals surface area (Å²) in [4.78, 5) is 25.1. The number of carbonyl (C=O) groups excluding carboxylic acids is 2. The molecule has 1 heterocycles. The summed E-state index contributed by atoms with van der Waals surface area (Å²) >= 11 is 6.19. The topological polar surface area (TPSA) is 124 Å². The van der Waals surface area contributed by atoms with Crippen LogP contribution in [0.4, 0.5) is 5.69 Å². The van der Waals surface area contributed by atoms with Crippen LogP contribution in [0.15, 0.2) is 72.1 Å². The first-order valence-electron chi connectivity index (χ1n) is 11.7. The van der Waals surface area contributed by atoms with E-state index in [0.29, 0.717) is 46.1 Å². The lowest BCUT2D eigenvalue weighted by molar-refractivity contribution is 0.0992. The number of anilines is 1. The number of sulfone groups is 1. The van der Waals surface area contributed by atoms with Crippen molar-refractivity contribution in [1.82, 2.24) is 9.78 Å². The van der Waals surface area contributed by atoms with Crippen LogP contribution in [0.25, 0.3) is 23.0 Å². The number of aromatic nitrogens is 2. The van der Waals surface area contributed by atoms with Gasteiger partial charge in [-0.05, 0) is 66.4 Å². The number of primary amides is 1. The van der Waals surface area contributed by atoms with Crippen molar-refractivity contribution in [3.63, 3.8) is 0 Å². The summed E-state index contributed by atoms with van der Waals surface area (Å²) in [6, 6.07) is 19.5. The van der Waals surface area contributed by atoms with Crippen molar-refractivity contribution in [2.75, 3.05) is 11.6 Å². The van der Waals surface area contributed by atoms with Gasteiger partial charge in [0.05, 0.1) is 22.0 Å². The maximum absolute atomic E-state index is 12.9. The summed E-state index contributed by atoms with van der Waals surface area (Å²) in [6.07, 6.45) is 3.90. The number of benzene rings is 3. The van der Waals surface area contributed by atoms with Gasteiger partial charge >= 0.3 is 0 Å². The molecule has 1 aromatic heterocycles. The van der Waals surface area contributed by atoms with E-state index in [2.05, 4.69) is 10.4 Å². The SMILES string of the molecule is CS(=O)(=O)C=Cc1ccc(-n2nc(C(N)=O)c3c2-c2cc(NC(=O)c4ccccc4Cl)ccc2CC3)cc1. The Morgan fingerprint density at radius 2 is 1.79 bits per heavy atom. The molecule has 1 aliphatic rings. The van der Waals surface area contributed by atoms with Crippen LogP contribution in [-0.4, -0.2) is 36.3 Å². The van der Waals surface area contributed by atoms with E-state index in [9.17, 15) is 18.0 Å². The zero-order valence-electron chi connectivity index (χ0n) is 20.3. The van der Waals surface area contributed by atoms with Crippen molar-refractivity contribution in [3.8, 4) is 16.9 Å². The highest BCUT2D eigenvalue weighted by atomic mass is 35.5. The van der Waals surface area contributed by atoms with Gasteiger partial charge in [0.15, 0.2) is 15.5 Å². The predicted molar refractivity (Wildman–Crippen MR) is 148 cm³/mol. The van der Waals surface area contributed by atoms with Gasteiger partial charge < -0.3 is 11.1 Å². The summed E-state index contributed by atoms with van der Waals surface area (Å²) < 4.78 is 24.6. The van der Waals surface area contributed by atoms with Crippen LogP contribution >= 0.6 is 11.6 Å². The Labute approximate surface area is 224 Å². The third-order valence-electron chi connectivity index (χ3n) is 6.25. The van der Waals surface area contributed by atoms with E-state index in [-0.39, 0.29) is 11.6 Å². The molecule has 3 N–H and O–H groups in total. The normalized spacial score (nSPS) is 12.7. The van der Waals surface area contributed by atoms with Crippen molar-refractivity contribution in [2.24, 2.45) is 5.73 Å². The number of amides is 2. The van der Waals surface area contributed by atoms with Crippen molar-refractivity contribution < 1.29 is 18.0 Å². The van der Waals surface area contributed by atoms with Crippen LogP contribution in [0.3, 0.4) is 0 Å². The molecule has 0 bridgehead atoms. The van der Waals surface area contributed by atoms with E-state index in [4.69, 9.17) is 17.3 Å². The smallest absolute Gasteiger partial charge is 0.269 e. The lowest BCUT2D eigenvalue weighted by atomic mass is 9.88. The standard InChI is InChI=1S/C28H23ClN4O4S/c1-38(36,37)15-14-17-6-11-20(12-7-17)33-26-22(25(32-33)27(30)34)13-9-18-8-10-19(16-23(18)26)31-28(35)21-4-2-3-5-24(21)29/h2-8,10-12,14-16H,9,13H2,1H3,(H2,30,34)(H,31,35). The van der Waals surface area contributed by atoms with E-state index < -0.39 is 15.7 Å². The van der Waals surface area contributed by atoms with Gasteiger partial charge in [0.1, 0.15) is 0 Å². The number of nitrogens with one attached hydrogen (secondary N) is 1. The van der Waals surface area contributed by atoms with Gasteiger partial charge in [0, 0.05) is 28.5 Å². The average molecular weight is 547 g/mol. The molecule has 0 spiro atoms. The maximum Gasteiger partial charge on any atom is 0.269 e. The Bertz CT molecular complexity index is 1720. The molecule has 192 valence electrons. The van der Waals surface area contributed by atoms with Gasteiger partial charge in [0.2, 0.25) is 0 Å². The third-order valence-corrected chi connectivity index (χ3v) is 7.21. The highest BCUT2D eigenvalue weighted by molar-refractivity contribution is 7.93. The minimum absolute atomic E-state index is 0.192. The molecule has 0 saturated heterocycles. The van der Waals surface area contributed by atoms with E-state index in [1.807, 2.05) is 18.2 Å². The molecule has 3 aromatic carbocycles. The first kappa shape index (κ1) is 25.4. The molecule has 1 aliphatic carbocycles. The largest absolute Gasteiger partial charge is 0.364 e. The van der Waals surface area contributed by atoms with Crippen molar-refractivity contribution in [3.05, 3.63) is 105 Å². The molecule has 5 rings (SSSR count). The van der Waals surface area contributed by atoms with Crippen molar-refractivity contribution in [1.29, 1.82) is 0 Å². The van der Waals surface area contributed by atoms with Crippen molar-refractivity contribution in [2.45, 2.75) is 12.8 Å². The van der Waals surface area contributed by atoms with E-state index in [1.54, 1.807) is 53.2 Å². The van der Waals surface area contributed by atoms with Gasteiger partial charge in [0.25, 0.3) is 11.8 Å². The summed E-state index contributed by atoms with van der Waals surface area (Å²) in [7, 11) is -3.26. The summed E-state index contributed by atoms with van der Waals surface area (Å²) in [5, 5.41) is 8.94. The van der Waals surface area contributed by atoms with Crippen LogP contribution in [0.2, 0.25) is 5.02 Å². The Hall–Kier alpha value is -4.21. The van der Waals surface area contributed by atoms with Gasteiger partial charge in [-0.2, -0.15) is 5.10 Å². The van der Waals surface area contributed by atoms with Gasteiger partial charge in [-0.15, -0.1) is 0 Å². The zero-order chi connectivity index (χ0) is 27.0. The monoisotopic (exact) mass is 546 g/mol. The van der Waals surface area contributed by atoms with Gasteiger partial charge in [-0.1, -0.05) is 41.9 Å². The molecule has 38 heavy (non-hydrogen) atoms. The molecule has 0 fully saturated rings. The number of aryl methyl sites for hydroxylation is 1. The van der Waals surface area contributed by atoms with Crippen LogP contribution in [-0.2, 0) is 22.7 Å². The number of nitrogens with two attached hydrogens (primary N) is 1. The van der Waals surface area contributed by atoms with Crippen LogP contribution < -0.4 is 11.1 Å². The van der Waals surface area contributed by atoms with Crippen molar-refractivity contribution >= 4 is 45.0 Å². The molecule has 0 unspecified atom stereocenters. The first-order valence-corrected chi connectivity index (χ1v) is 14.0. The minimum Gasteiger partial charge on any atom is -0.364 e. The fraction of sp³-hybridized carbons (Fsp3) is 0.107. The highest BCUT2D eigenvalue weighted by Crippen LogP contribution is 2.38. The van der Waals surface area contributed by atoms with Crippen LogP contribution in [0.5, 0.6) is 0 Å². The molecular weight excluding hydrogens is 524 g/mol. The summed E-state index contributed by atoms with van der Waals surface area (Å²) in [5.41, 5.74) is 11.5. The molecular formula is C28H23ClN4O4S. The third kappa shape index (κ3) is 5.11. The molecule has 10 heteroatoms. The second-order valence-electron chi connectivity index (χ2n) is 8.98.